The number of hydrogen-bond acceptors (Lipinski definition) is 7. The van der Waals surface area contributed by atoms with E-state index in [4.69, 9.17) is 14.2 Å². The van der Waals surface area contributed by atoms with Crippen LogP contribution in [0.4, 0.5) is 0 Å². The molecule has 3 rings (SSSR count). The summed E-state index contributed by atoms with van der Waals surface area (Å²) >= 11 is 0. The number of aldehydes is 1. The van der Waals surface area contributed by atoms with Crippen LogP contribution >= 0.6 is 0 Å². The van der Waals surface area contributed by atoms with E-state index in [2.05, 4.69) is 6.58 Å². The average Bonchev–Trinajstić information content (AvgIpc) is 2.90. The summed E-state index contributed by atoms with van der Waals surface area (Å²) in [5, 5.41) is 34.1. The minimum Gasteiger partial charge on any atom is -0.358 e. The number of ether oxygens (including phenoxy) is 3. The first-order valence-corrected chi connectivity index (χ1v) is 10.7. The Hall–Kier alpha value is -3.17. The van der Waals surface area contributed by atoms with Gasteiger partial charge in [-0.25, -0.2) is 0 Å². The van der Waals surface area contributed by atoms with Gasteiger partial charge in [-0.05, 0) is 22.8 Å². The lowest BCUT2D eigenvalue weighted by Crippen LogP contribution is -2.71. The Morgan fingerprint density at radius 2 is 0.971 bits per heavy atom. The topological polar surface area (TPSA) is 105 Å². The molecule has 0 unspecified atom stereocenters. The maximum absolute atomic E-state index is 12.1. The number of carbonyl (C=O) groups excluding carboxylic acids is 1. The predicted octanol–water partition coefficient (Wildman–Crippen LogP) is 3.09. The lowest BCUT2D eigenvalue weighted by atomic mass is 9.95. The van der Waals surface area contributed by atoms with Gasteiger partial charge in [0.15, 0.2) is 6.29 Å². The van der Waals surface area contributed by atoms with Gasteiger partial charge in [-0.3, -0.25) is 4.79 Å². The van der Waals surface area contributed by atoms with Crippen LogP contribution < -0.4 is 0 Å². The molecular weight excluding hydrogens is 436 g/mol. The molecule has 3 N–H and O–H groups in total. The second-order valence-electron chi connectivity index (χ2n) is 7.68. The molecular formula is C27H28O7. The molecule has 3 atom stereocenters. The van der Waals surface area contributed by atoms with E-state index in [1.807, 2.05) is 6.07 Å². The van der Waals surface area contributed by atoms with Crippen molar-refractivity contribution in [3.05, 3.63) is 120 Å². The standard InChI is InChI=1S/C27H28O7/c1-2-25(29,32-18-22-12-6-3-7-13-22)27(31,34-20-24-16-10-5-11-17-24)26(30,21-28)33-19-23-14-8-4-9-15-23/h2-17,21,29-31H,1,18-20H2/t25-,26-,27+/m0/s1. The number of rotatable bonds is 13. The third-order valence-corrected chi connectivity index (χ3v) is 5.30. The van der Waals surface area contributed by atoms with E-state index in [0.717, 1.165) is 6.08 Å². The molecule has 7 nitrogen and oxygen atoms in total. The Kier molecular flexibility index (Phi) is 8.46. The first-order valence-electron chi connectivity index (χ1n) is 10.7. The van der Waals surface area contributed by atoms with Crippen LogP contribution in [0.5, 0.6) is 0 Å². The third-order valence-electron chi connectivity index (χ3n) is 5.30. The van der Waals surface area contributed by atoms with Crippen molar-refractivity contribution in [3.8, 4) is 0 Å². The van der Waals surface area contributed by atoms with Crippen molar-refractivity contribution >= 4 is 6.29 Å². The molecule has 178 valence electrons. The van der Waals surface area contributed by atoms with E-state index in [0.29, 0.717) is 16.7 Å². The van der Waals surface area contributed by atoms with E-state index < -0.39 is 17.4 Å². The van der Waals surface area contributed by atoms with Gasteiger partial charge in [0.25, 0.3) is 11.6 Å². The maximum atomic E-state index is 12.1. The highest BCUT2D eigenvalue weighted by atomic mass is 16.8. The quantitative estimate of drug-likeness (QED) is 0.203. The van der Waals surface area contributed by atoms with Gasteiger partial charge in [0.1, 0.15) is 0 Å². The molecule has 0 fully saturated rings. The molecule has 0 heterocycles. The van der Waals surface area contributed by atoms with Crippen LogP contribution in [0, 0.1) is 0 Å². The van der Waals surface area contributed by atoms with Gasteiger partial charge in [-0.1, -0.05) is 97.6 Å². The Balaban J connectivity index is 1.94. The summed E-state index contributed by atoms with van der Waals surface area (Å²) in [5.74, 6) is -8.87. The lowest BCUT2D eigenvalue weighted by Gasteiger charge is -2.46. The fourth-order valence-electron chi connectivity index (χ4n) is 3.27. The molecule has 0 saturated carbocycles. The summed E-state index contributed by atoms with van der Waals surface area (Å²) in [6, 6.07) is 26.3. The molecule has 0 amide bonds. The van der Waals surface area contributed by atoms with Crippen LogP contribution in [0.1, 0.15) is 16.7 Å². The van der Waals surface area contributed by atoms with E-state index in [1.165, 1.54) is 0 Å². The summed E-state index contributed by atoms with van der Waals surface area (Å²) in [7, 11) is 0. The largest absolute Gasteiger partial charge is 0.358 e. The Bertz CT molecular complexity index is 981. The molecule has 3 aromatic rings. The molecule has 0 aliphatic heterocycles. The number of aliphatic hydroxyl groups is 3. The second kappa shape index (κ2) is 11.3. The Labute approximate surface area is 198 Å². The van der Waals surface area contributed by atoms with E-state index in [-0.39, 0.29) is 26.1 Å². The number of benzene rings is 3. The summed E-state index contributed by atoms with van der Waals surface area (Å²) in [4.78, 5) is 12.1. The zero-order chi connectivity index (χ0) is 24.5. The second-order valence-corrected chi connectivity index (χ2v) is 7.68. The van der Waals surface area contributed by atoms with Gasteiger partial charge in [-0.2, -0.15) is 0 Å². The average molecular weight is 465 g/mol. The minimum atomic E-state index is -3.09. The van der Waals surface area contributed by atoms with Crippen LogP contribution in [0.15, 0.2) is 104 Å². The van der Waals surface area contributed by atoms with Crippen molar-refractivity contribution in [2.45, 2.75) is 37.2 Å². The minimum absolute atomic E-state index is 0.0404. The first-order chi connectivity index (χ1) is 16.4. The number of carbonyl (C=O) groups is 1. The molecule has 0 radical (unpaired) electrons. The van der Waals surface area contributed by atoms with Crippen molar-refractivity contribution < 1.29 is 34.3 Å². The highest BCUT2D eigenvalue weighted by Crippen LogP contribution is 2.38. The van der Waals surface area contributed by atoms with Gasteiger partial charge in [-0.15, -0.1) is 0 Å². The Morgan fingerprint density at radius 3 is 1.32 bits per heavy atom. The van der Waals surface area contributed by atoms with Gasteiger partial charge in [0.05, 0.1) is 19.8 Å². The zero-order valence-electron chi connectivity index (χ0n) is 18.6. The first kappa shape index (κ1) is 25.5. The summed E-state index contributed by atoms with van der Waals surface area (Å²) in [6.07, 6.45) is 0.808. The Morgan fingerprint density at radius 1 is 0.618 bits per heavy atom. The SMILES string of the molecule is C=C[C@](O)(OCc1ccccc1)[C@@](O)(OCc1ccccc1)[C@](O)(C=O)OCc1ccccc1. The van der Waals surface area contributed by atoms with Crippen LogP contribution in [0.2, 0.25) is 0 Å². The molecule has 7 heteroatoms. The monoisotopic (exact) mass is 464 g/mol. The summed E-state index contributed by atoms with van der Waals surface area (Å²) < 4.78 is 16.6. The van der Waals surface area contributed by atoms with Gasteiger partial charge < -0.3 is 29.5 Å². The zero-order valence-corrected chi connectivity index (χ0v) is 18.6. The van der Waals surface area contributed by atoms with Crippen LogP contribution in [-0.2, 0) is 38.8 Å². The highest BCUT2D eigenvalue weighted by Gasteiger charge is 2.66. The molecule has 0 spiro atoms. The predicted molar refractivity (Wildman–Crippen MR) is 125 cm³/mol. The molecule has 0 aliphatic carbocycles. The molecule has 0 aromatic heterocycles. The molecule has 34 heavy (non-hydrogen) atoms. The summed E-state index contributed by atoms with van der Waals surface area (Å²) in [5.41, 5.74) is 1.88. The van der Waals surface area contributed by atoms with E-state index >= 15 is 0 Å². The van der Waals surface area contributed by atoms with Gasteiger partial charge in [0.2, 0.25) is 5.79 Å². The lowest BCUT2D eigenvalue weighted by molar-refractivity contribution is -0.452. The molecule has 3 aromatic carbocycles. The van der Waals surface area contributed by atoms with Gasteiger partial charge >= 0.3 is 0 Å². The van der Waals surface area contributed by atoms with E-state index in [1.54, 1.807) is 84.9 Å². The molecule has 0 bridgehead atoms. The van der Waals surface area contributed by atoms with Crippen molar-refractivity contribution in [2.75, 3.05) is 0 Å². The van der Waals surface area contributed by atoms with Crippen LogP contribution in [0.25, 0.3) is 0 Å². The van der Waals surface area contributed by atoms with Crippen molar-refractivity contribution in [1.82, 2.24) is 0 Å². The van der Waals surface area contributed by atoms with Crippen LogP contribution in [0.3, 0.4) is 0 Å². The molecule has 0 aliphatic rings. The van der Waals surface area contributed by atoms with Gasteiger partial charge in [0, 0.05) is 0 Å². The highest BCUT2D eigenvalue weighted by molar-refractivity contribution is 5.62. The maximum Gasteiger partial charge on any atom is 0.289 e. The van der Waals surface area contributed by atoms with Crippen molar-refractivity contribution in [1.29, 1.82) is 0 Å². The summed E-state index contributed by atoms with van der Waals surface area (Å²) in [6.45, 7) is 2.80. The third kappa shape index (κ3) is 5.66. The smallest absolute Gasteiger partial charge is 0.289 e. The normalized spacial score (nSPS) is 16.6. The number of hydrogen-bond donors (Lipinski definition) is 3. The fourth-order valence-corrected chi connectivity index (χ4v) is 3.27. The fraction of sp³-hybridized carbons (Fsp3) is 0.222. The van der Waals surface area contributed by atoms with Crippen molar-refractivity contribution in [3.63, 3.8) is 0 Å². The molecule has 0 saturated heterocycles. The van der Waals surface area contributed by atoms with E-state index in [9.17, 15) is 20.1 Å². The van der Waals surface area contributed by atoms with Crippen molar-refractivity contribution in [2.24, 2.45) is 0 Å². The van der Waals surface area contributed by atoms with Crippen LogP contribution in [-0.4, -0.2) is 39.0 Å².